The Balaban J connectivity index is 1.17. The van der Waals surface area contributed by atoms with Gasteiger partial charge in [-0.2, -0.15) is 0 Å². The smallest absolute Gasteiger partial charge is 0.0547 e. The third-order valence-corrected chi connectivity index (χ3v) is 11.2. The molecular weight excluding hydrogens is 639 g/mol. The highest BCUT2D eigenvalue weighted by Crippen LogP contribution is 2.46. The molecule has 11 aromatic rings. The quantitative estimate of drug-likeness (QED) is 0.164. The molecule has 0 unspecified atom stereocenters. The minimum Gasteiger partial charge on any atom is -0.309 e. The van der Waals surface area contributed by atoms with E-state index in [9.17, 15) is 0 Å². The highest BCUT2D eigenvalue weighted by atomic mass is 15.0. The zero-order chi connectivity index (χ0) is 34.9. The van der Waals surface area contributed by atoms with E-state index in [1.807, 2.05) is 0 Å². The largest absolute Gasteiger partial charge is 0.309 e. The van der Waals surface area contributed by atoms with Crippen LogP contribution in [-0.4, -0.2) is 4.57 Å². The van der Waals surface area contributed by atoms with E-state index in [-0.39, 0.29) is 0 Å². The van der Waals surface area contributed by atoms with Crippen LogP contribution < -0.4 is 0 Å². The highest BCUT2D eigenvalue weighted by molar-refractivity contribution is 6.28. The van der Waals surface area contributed by atoms with Crippen molar-refractivity contribution in [1.82, 2.24) is 4.57 Å². The SMILES string of the molecule is c1ccc(-c2ccc3c(-c4ccc(-n5c6ccc7ccccc7c6c6c7ccccc7ccc65)cc4)c4ccccc4c(-c4ccccc4)c3c2)cc1. The Labute approximate surface area is 307 Å². The molecule has 0 saturated carbocycles. The second-order valence-corrected chi connectivity index (χ2v) is 14.0. The number of nitrogens with zero attached hydrogens (tertiary/aromatic N) is 1. The molecule has 1 aromatic heterocycles. The van der Waals surface area contributed by atoms with Crippen LogP contribution in [0.15, 0.2) is 200 Å². The Kier molecular flexibility index (Phi) is 6.62. The number of benzene rings is 10. The van der Waals surface area contributed by atoms with E-state index in [0.29, 0.717) is 0 Å². The number of aromatic nitrogens is 1. The fourth-order valence-corrected chi connectivity index (χ4v) is 8.82. The molecule has 1 heteroatoms. The van der Waals surface area contributed by atoms with Crippen LogP contribution >= 0.6 is 0 Å². The molecule has 0 amide bonds. The van der Waals surface area contributed by atoms with Crippen LogP contribution in [0.25, 0.3) is 104 Å². The molecular formula is C52H33N. The maximum atomic E-state index is 2.45. The fraction of sp³-hybridized carbons (Fsp3) is 0. The summed E-state index contributed by atoms with van der Waals surface area (Å²) in [5.74, 6) is 0. The van der Waals surface area contributed by atoms with Crippen LogP contribution in [0.4, 0.5) is 0 Å². The van der Waals surface area contributed by atoms with E-state index in [0.717, 1.165) is 5.69 Å². The Hall–Kier alpha value is -6.96. The molecule has 1 heterocycles. The number of hydrogen-bond donors (Lipinski definition) is 0. The Bertz CT molecular complexity index is 3100. The van der Waals surface area contributed by atoms with Gasteiger partial charge >= 0.3 is 0 Å². The van der Waals surface area contributed by atoms with Crippen LogP contribution in [0, 0.1) is 0 Å². The molecule has 0 aliphatic carbocycles. The lowest BCUT2D eigenvalue weighted by molar-refractivity contribution is 1.18. The molecule has 53 heavy (non-hydrogen) atoms. The molecule has 0 atom stereocenters. The highest BCUT2D eigenvalue weighted by Gasteiger charge is 2.20. The van der Waals surface area contributed by atoms with Crippen molar-refractivity contribution >= 4 is 64.9 Å². The van der Waals surface area contributed by atoms with Gasteiger partial charge in [-0.05, 0) is 107 Å². The van der Waals surface area contributed by atoms with Crippen molar-refractivity contribution < 1.29 is 0 Å². The summed E-state index contributed by atoms with van der Waals surface area (Å²) in [6.45, 7) is 0. The summed E-state index contributed by atoms with van der Waals surface area (Å²) < 4.78 is 2.45. The normalized spacial score (nSPS) is 11.8. The molecule has 10 aromatic carbocycles. The lowest BCUT2D eigenvalue weighted by Gasteiger charge is -2.19. The maximum Gasteiger partial charge on any atom is 0.0547 e. The van der Waals surface area contributed by atoms with Gasteiger partial charge in [0.05, 0.1) is 11.0 Å². The van der Waals surface area contributed by atoms with Crippen molar-refractivity contribution in [2.75, 3.05) is 0 Å². The third kappa shape index (κ3) is 4.58. The first-order valence-electron chi connectivity index (χ1n) is 18.4. The van der Waals surface area contributed by atoms with Gasteiger partial charge in [-0.15, -0.1) is 0 Å². The maximum absolute atomic E-state index is 2.45. The van der Waals surface area contributed by atoms with Crippen LogP contribution in [0.3, 0.4) is 0 Å². The van der Waals surface area contributed by atoms with Gasteiger partial charge in [-0.25, -0.2) is 0 Å². The van der Waals surface area contributed by atoms with Gasteiger partial charge < -0.3 is 4.57 Å². The molecule has 0 aliphatic heterocycles. The van der Waals surface area contributed by atoms with Gasteiger partial charge in [0.15, 0.2) is 0 Å². The second-order valence-electron chi connectivity index (χ2n) is 14.0. The average Bonchev–Trinajstić information content (AvgIpc) is 3.59. The molecule has 1 nitrogen and oxygen atoms in total. The predicted octanol–water partition coefficient (Wildman–Crippen LogP) is 14.4. The van der Waals surface area contributed by atoms with Gasteiger partial charge in [0.2, 0.25) is 0 Å². The Morgan fingerprint density at radius 2 is 0.698 bits per heavy atom. The van der Waals surface area contributed by atoms with E-state index in [4.69, 9.17) is 0 Å². The third-order valence-electron chi connectivity index (χ3n) is 11.2. The zero-order valence-corrected chi connectivity index (χ0v) is 29.0. The first kappa shape index (κ1) is 29.7. The predicted molar refractivity (Wildman–Crippen MR) is 227 cm³/mol. The van der Waals surface area contributed by atoms with Gasteiger partial charge in [-0.1, -0.05) is 170 Å². The molecule has 0 spiro atoms. The van der Waals surface area contributed by atoms with Crippen LogP contribution in [0.1, 0.15) is 0 Å². The summed E-state index contributed by atoms with van der Waals surface area (Å²) in [5.41, 5.74) is 11.0. The number of fused-ring (bicyclic) bond motifs is 9. The summed E-state index contributed by atoms with van der Waals surface area (Å²) in [5, 5.41) is 12.7. The zero-order valence-electron chi connectivity index (χ0n) is 29.0. The van der Waals surface area contributed by atoms with Crippen molar-refractivity contribution in [3.8, 4) is 39.1 Å². The summed E-state index contributed by atoms with van der Waals surface area (Å²) in [7, 11) is 0. The molecule has 0 aliphatic rings. The molecule has 0 radical (unpaired) electrons. The fourth-order valence-electron chi connectivity index (χ4n) is 8.82. The van der Waals surface area contributed by atoms with Crippen LogP contribution in [0.5, 0.6) is 0 Å². The monoisotopic (exact) mass is 671 g/mol. The minimum atomic E-state index is 1.15. The van der Waals surface area contributed by atoms with Gasteiger partial charge in [0, 0.05) is 16.5 Å². The second kappa shape index (κ2) is 11.8. The summed E-state index contributed by atoms with van der Waals surface area (Å²) in [6.07, 6.45) is 0. The van der Waals surface area contributed by atoms with Crippen molar-refractivity contribution in [3.05, 3.63) is 200 Å². The summed E-state index contributed by atoms with van der Waals surface area (Å²) in [6, 6.07) is 73.5. The summed E-state index contributed by atoms with van der Waals surface area (Å²) >= 11 is 0. The van der Waals surface area contributed by atoms with Crippen molar-refractivity contribution in [3.63, 3.8) is 0 Å². The molecule has 0 N–H and O–H groups in total. The van der Waals surface area contributed by atoms with E-state index in [2.05, 4.69) is 205 Å². The molecule has 0 bridgehead atoms. The van der Waals surface area contributed by atoms with E-state index < -0.39 is 0 Å². The first-order valence-corrected chi connectivity index (χ1v) is 18.4. The lowest BCUT2D eigenvalue weighted by Crippen LogP contribution is -1.95. The molecule has 0 fully saturated rings. The first-order chi connectivity index (χ1) is 26.3. The van der Waals surface area contributed by atoms with Crippen LogP contribution in [0.2, 0.25) is 0 Å². The van der Waals surface area contributed by atoms with E-state index in [1.165, 1.54) is 98.3 Å². The standard InChI is InChI=1S/C52H33N/c1-3-13-34(14-4-1)39-25-30-45-46(33-39)50(37-17-5-2-6-18-37)44-22-12-11-21-43(44)49(45)38-23-28-40(29-24-38)53-47-31-26-35-15-7-9-19-41(35)51(47)52-42-20-10-8-16-36(42)27-32-48(52)53/h1-33H. The van der Waals surface area contributed by atoms with Crippen molar-refractivity contribution in [2.24, 2.45) is 0 Å². The van der Waals surface area contributed by atoms with Gasteiger partial charge in [0.1, 0.15) is 0 Å². The molecule has 246 valence electrons. The lowest BCUT2D eigenvalue weighted by atomic mass is 9.85. The van der Waals surface area contributed by atoms with Gasteiger partial charge in [0.25, 0.3) is 0 Å². The Morgan fingerprint density at radius 3 is 1.28 bits per heavy atom. The van der Waals surface area contributed by atoms with Crippen LogP contribution in [-0.2, 0) is 0 Å². The topological polar surface area (TPSA) is 4.93 Å². The Morgan fingerprint density at radius 1 is 0.264 bits per heavy atom. The molecule has 0 saturated heterocycles. The number of hydrogen-bond acceptors (Lipinski definition) is 0. The van der Waals surface area contributed by atoms with Crippen molar-refractivity contribution in [2.45, 2.75) is 0 Å². The van der Waals surface area contributed by atoms with Crippen molar-refractivity contribution in [1.29, 1.82) is 0 Å². The van der Waals surface area contributed by atoms with Gasteiger partial charge in [-0.3, -0.25) is 0 Å². The van der Waals surface area contributed by atoms with E-state index >= 15 is 0 Å². The molecule has 11 rings (SSSR count). The summed E-state index contributed by atoms with van der Waals surface area (Å²) in [4.78, 5) is 0. The number of rotatable bonds is 4. The van der Waals surface area contributed by atoms with E-state index in [1.54, 1.807) is 0 Å². The average molecular weight is 672 g/mol. The minimum absolute atomic E-state index is 1.15.